The lowest BCUT2D eigenvalue weighted by Crippen LogP contribution is -2.20. The standard InChI is InChI=1S/C12H14BrF3N2O2/c1-7(6-17)4-11(19)18-8-2-3-10(9(13)5-8)20-12(14,15)16/h2-3,5,7H,4,6,17H2,1H3,(H,18,19). The zero-order chi connectivity index (χ0) is 15.3. The largest absolute Gasteiger partial charge is 0.573 e. The summed E-state index contributed by atoms with van der Waals surface area (Å²) in [4.78, 5) is 11.6. The second-order valence-electron chi connectivity index (χ2n) is 4.29. The number of hydrogen-bond donors (Lipinski definition) is 2. The normalized spacial score (nSPS) is 12.9. The van der Waals surface area contributed by atoms with Crippen molar-refractivity contribution in [3.8, 4) is 5.75 Å². The zero-order valence-corrected chi connectivity index (χ0v) is 12.2. The van der Waals surface area contributed by atoms with Crippen LogP contribution in [0, 0.1) is 5.92 Å². The monoisotopic (exact) mass is 354 g/mol. The van der Waals surface area contributed by atoms with Gasteiger partial charge in [-0.3, -0.25) is 4.79 Å². The van der Waals surface area contributed by atoms with E-state index in [1.807, 2.05) is 6.92 Å². The number of nitrogens with one attached hydrogen (secondary N) is 1. The minimum atomic E-state index is -4.76. The molecule has 1 rings (SSSR count). The lowest BCUT2D eigenvalue weighted by Gasteiger charge is -2.13. The first-order chi connectivity index (χ1) is 9.21. The second kappa shape index (κ2) is 6.94. The molecule has 0 fully saturated rings. The predicted octanol–water partition coefficient (Wildman–Crippen LogP) is 3.27. The van der Waals surface area contributed by atoms with Gasteiger partial charge >= 0.3 is 6.36 Å². The zero-order valence-electron chi connectivity index (χ0n) is 10.6. The number of carbonyl (C=O) groups is 1. The van der Waals surface area contributed by atoms with E-state index in [1.54, 1.807) is 0 Å². The Kier molecular flexibility index (Phi) is 5.82. The smallest absolute Gasteiger partial charge is 0.405 e. The maximum Gasteiger partial charge on any atom is 0.573 e. The maximum absolute atomic E-state index is 12.1. The molecule has 3 N–H and O–H groups in total. The number of alkyl halides is 3. The Morgan fingerprint density at radius 2 is 2.15 bits per heavy atom. The van der Waals surface area contributed by atoms with Crippen LogP contribution >= 0.6 is 15.9 Å². The summed E-state index contributed by atoms with van der Waals surface area (Å²) < 4.78 is 40.2. The van der Waals surface area contributed by atoms with Crippen LogP contribution in [0.25, 0.3) is 0 Å². The van der Waals surface area contributed by atoms with Crippen LogP contribution in [-0.2, 0) is 4.79 Å². The van der Waals surface area contributed by atoms with Crippen LogP contribution in [0.15, 0.2) is 22.7 Å². The third kappa shape index (κ3) is 5.79. The molecule has 112 valence electrons. The summed E-state index contributed by atoms with van der Waals surface area (Å²) in [5.41, 5.74) is 5.78. The quantitative estimate of drug-likeness (QED) is 0.852. The average molecular weight is 355 g/mol. The van der Waals surface area contributed by atoms with E-state index in [4.69, 9.17) is 5.73 Å². The van der Waals surface area contributed by atoms with Crippen molar-refractivity contribution in [2.45, 2.75) is 19.7 Å². The van der Waals surface area contributed by atoms with Gasteiger partial charge in [0.1, 0.15) is 5.75 Å². The summed E-state index contributed by atoms with van der Waals surface area (Å²) in [6, 6.07) is 3.79. The molecule has 0 aliphatic carbocycles. The number of benzene rings is 1. The van der Waals surface area contributed by atoms with Gasteiger partial charge in [-0.15, -0.1) is 13.2 Å². The number of carbonyl (C=O) groups excluding carboxylic acids is 1. The molecule has 1 aromatic carbocycles. The van der Waals surface area contributed by atoms with E-state index in [0.29, 0.717) is 12.2 Å². The van der Waals surface area contributed by atoms with Gasteiger partial charge in [0.2, 0.25) is 5.91 Å². The molecule has 0 heterocycles. The molecule has 1 unspecified atom stereocenters. The van der Waals surface area contributed by atoms with E-state index in [2.05, 4.69) is 26.0 Å². The lowest BCUT2D eigenvalue weighted by atomic mass is 10.1. The number of rotatable bonds is 5. The van der Waals surface area contributed by atoms with Crippen molar-refractivity contribution >= 4 is 27.5 Å². The number of nitrogens with two attached hydrogens (primary N) is 1. The summed E-state index contributed by atoms with van der Waals surface area (Å²) in [5, 5.41) is 2.58. The summed E-state index contributed by atoms with van der Waals surface area (Å²) in [5.74, 6) is -0.587. The van der Waals surface area contributed by atoms with Gasteiger partial charge in [-0.1, -0.05) is 6.92 Å². The molecule has 0 spiro atoms. The highest BCUT2D eigenvalue weighted by molar-refractivity contribution is 9.10. The fraction of sp³-hybridized carbons (Fsp3) is 0.417. The van der Waals surface area contributed by atoms with E-state index in [1.165, 1.54) is 12.1 Å². The van der Waals surface area contributed by atoms with Crippen LogP contribution in [0.1, 0.15) is 13.3 Å². The topological polar surface area (TPSA) is 64.4 Å². The van der Waals surface area contributed by atoms with Crippen molar-refractivity contribution in [1.29, 1.82) is 0 Å². The van der Waals surface area contributed by atoms with Crippen molar-refractivity contribution in [2.75, 3.05) is 11.9 Å². The Bertz CT molecular complexity index is 480. The molecular weight excluding hydrogens is 341 g/mol. The highest BCUT2D eigenvalue weighted by atomic mass is 79.9. The molecule has 0 aromatic heterocycles. The molecule has 0 aliphatic rings. The summed E-state index contributed by atoms with van der Waals surface area (Å²) in [6.45, 7) is 2.21. The van der Waals surface area contributed by atoms with Gasteiger partial charge in [0, 0.05) is 12.1 Å². The van der Waals surface area contributed by atoms with Crippen molar-refractivity contribution in [3.05, 3.63) is 22.7 Å². The van der Waals surface area contributed by atoms with E-state index in [9.17, 15) is 18.0 Å². The van der Waals surface area contributed by atoms with Crippen LogP contribution in [0.5, 0.6) is 5.75 Å². The van der Waals surface area contributed by atoms with E-state index in [-0.39, 0.29) is 28.5 Å². The molecule has 4 nitrogen and oxygen atoms in total. The average Bonchev–Trinajstić information content (AvgIpc) is 2.31. The van der Waals surface area contributed by atoms with Crippen LogP contribution in [0.2, 0.25) is 0 Å². The molecule has 0 aliphatic heterocycles. The number of amides is 1. The minimum absolute atomic E-state index is 0.0336. The molecule has 0 bridgehead atoms. The van der Waals surface area contributed by atoms with E-state index >= 15 is 0 Å². The van der Waals surface area contributed by atoms with Gasteiger partial charge in [0.15, 0.2) is 0 Å². The van der Waals surface area contributed by atoms with Crippen molar-refractivity contribution < 1.29 is 22.7 Å². The van der Waals surface area contributed by atoms with Gasteiger partial charge in [-0.2, -0.15) is 0 Å². The van der Waals surface area contributed by atoms with Gasteiger partial charge < -0.3 is 15.8 Å². The first-order valence-corrected chi connectivity index (χ1v) is 6.55. The first-order valence-electron chi connectivity index (χ1n) is 5.76. The molecule has 0 saturated heterocycles. The number of hydrogen-bond acceptors (Lipinski definition) is 3. The Balaban J connectivity index is 2.70. The number of halogens is 4. The fourth-order valence-electron chi connectivity index (χ4n) is 1.40. The summed E-state index contributed by atoms with van der Waals surface area (Å²) in [6.07, 6.45) is -4.52. The third-order valence-corrected chi connectivity index (χ3v) is 3.00. The molecule has 1 aromatic rings. The van der Waals surface area contributed by atoms with Crippen molar-refractivity contribution in [1.82, 2.24) is 0 Å². The van der Waals surface area contributed by atoms with Crippen LogP contribution < -0.4 is 15.8 Å². The lowest BCUT2D eigenvalue weighted by molar-refractivity contribution is -0.274. The van der Waals surface area contributed by atoms with Crippen LogP contribution in [-0.4, -0.2) is 18.8 Å². The Hall–Kier alpha value is -1.28. The molecule has 8 heteroatoms. The molecule has 0 saturated carbocycles. The van der Waals surface area contributed by atoms with Crippen LogP contribution in [0.3, 0.4) is 0 Å². The van der Waals surface area contributed by atoms with Crippen molar-refractivity contribution in [3.63, 3.8) is 0 Å². The molecule has 1 atom stereocenters. The highest BCUT2D eigenvalue weighted by Gasteiger charge is 2.31. The van der Waals surface area contributed by atoms with Gasteiger partial charge in [-0.25, -0.2) is 0 Å². The van der Waals surface area contributed by atoms with E-state index < -0.39 is 6.36 Å². The Morgan fingerprint density at radius 3 is 2.65 bits per heavy atom. The third-order valence-electron chi connectivity index (χ3n) is 2.38. The number of ether oxygens (including phenoxy) is 1. The summed E-state index contributed by atoms with van der Waals surface area (Å²) >= 11 is 2.96. The second-order valence-corrected chi connectivity index (χ2v) is 5.14. The summed E-state index contributed by atoms with van der Waals surface area (Å²) in [7, 11) is 0. The maximum atomic E-state index is 12.1. The van der Waals surface area contributed by atoms with Gasteiger partial charge in [0.25, 0.3) is 0 Å². The highest BCUT2D eigenvalue weighted by Crippen LogP contribution is 2.32. The molecular formula is C12H14BrF3N2O2. The van der Waals surface area contributed by atoms with E-state index in [0.717, 1.165) is 6.07 Å². The molecule has 20 heavy (non-hydrogen) atoms. The fourth-order valence-corrected chi connectivity index (χ4v) is 1.86. The van der Waals surface area contributed by atoms with Gasteiger partial charge in [-0.05, 0) is 46.6 Å². The predicted molar refractivity (Wildman–Crippen MR) is 72.3 cm³/mol. The molecule has 0 radical (unpaired) electrons. The SMILES string of the molecule is CC(CN)CC(=O)Nc1ccc(OC(F)(F)F)c(Br)c1. The van der Waals surface area contributed by atoms with Crippen LogP contribution in [0.4, 0.5) is 18.9 Å². The minimum Gasteiger partial charge on any atom is -0.405 e. The van der Waals surface area contributed by atoms with Crippen molar-refractivity contribution in [2.24, 2.45) is 11.7 Å². The Labute approximate surface area is 122 Å². The molecule has 1 amide bonds. The van der Waals surface area contributed by atoms with Gasteiger partial charge in [0.05, 0.1) is 4.47 Å². The first kappa shape index (κ1) is 16.8. The Morgan fingerprint density at radius 1 is 1.50 bits per heavy atom. The number of anilines is 1.